The molecule has 0 unspecified atom stereocenters. The van der Waals surface area contributed by atoms with Gasteiger partial charge in [0.05, 0.1) is 7.11 Å². The van der Waals surface area contributed by atoms with Crippen molar-refractivity contribution in [2.75, 3.05) is 13.7 Å². The van der Waals surface area contributed by atoms with E-state index in [-0.39, 0.29) is 12.4 Å². The number of hydrogen-bond acceptors (Lipinski definition) is 4. The molecular weight excluding hydrogens is 268 g/mol. The summed E-state index contributed by atoms with van der Waals surface area (Å²) in [6.07, 6.45) is 2.84. The van der Waals surface area contributed by atoms with Crippen molar-refractivity contribution in [2.24, 2.45) is 0 Å². The Kier molecular flexibility index (Phi) is 4.72. The number of fused-ring (bicyclic) bond motifs is 1. The van der Waals surface area contributed by atoms with Crippen LogP contribution >= 0.6 is 0 Å². The molecule has 0 radical (unpaired) electrons. The molecule has 0 fully saturated rings. The first-order valence-electron chi connectivity index (χ1n) is 6.54. The van der Waals surface area contributed by atoms with Gasteiger partial charge in [0.1, 0.15) is 5.75 Å². The number of benzene rings is 2. The summed E-state index contributed by atoms with van der Waals surface area (Å²) in [4.78, 5) is 23.2. The summed E-state index contributed by atoms with van der Waals surface area (Å²) in [7, 11) is 1.61. The lowest BCUT2D eigenvalue weighted by molar-refractivity contribution is -0.136. The van der Waals surface area contributed by atoms with E-state index in [1.54, 1.807) is 32.2 Å². The molecule has 2 aromatic carbocycles. The van der Waals surface area contributed by atoms with E-state index in [2.05, 4.69) is 0 Å². The van der Waals surface area contributed by atoms with Crippen LogP contribution in [0.3, 0.4) is 0 Å². The summed E-state index contributed by atoms with van der Waals surface area (Å²) in [6, 6.07) is 11.0. The van der Waals surface area contributed by atoms with Gasteiger partial charge in [-0.25, -0.2) is 4.79 Å². The van der Waals surface area contributed by atoms with Crippen molar-refractivity contribution in [1.82, 2.24) is 0 Å². The maximum absolute atomic E-state index is 12.0. The minimum atomic E-state index is -0.517. The highest BCUT2D eigenvalue weighted by molar-refractivity contribution is 6.01. The van der Waals surface area contributed by atoms with Crippen LogP contribution in [0.2, 0.25) is 0 Å². The topological polar surface area (TPSA) is 52.6 Å². The summed E-state index contributed by atoms with van der Waals surface area (Å²) in [6.45, 7) is 1.45. The van der Waals surface area contributed by atoms with Crippen LogP contribution in [-0.4, -0.2) is 25.5 Å². The molecule has 0 N–H and O–H groups in total. The second-order valence-electron chi connectivity index (χ2n) is 4.46. The fourth-order valence-electron chi connectivity index (χ4n) is 1.93. The molecule has 2 rings (SSSR count). The van der Waals surface area contributed by atoms with Gasteiger partial charge >= 0.3 is 5.97 Å². The second kappa shape index (κ2) is 6.70. The summed E-state index contributed by atoms with van der Waals surface area (Å²) in [5.74, 6) is 0.0174. The molecule has 0 atom stereocenters. The zero-order chi connectivity index (χ0) is 15.2. The third-order valence-corrected chi connectivity index (χ3v) is 3.02. The van der Waals surface area contributed by atoms with Crippen molar-refractivity contribution in [3.8, 4) is 5.75 Å². The van der Waals surface area contributed by atoms with Crippen LogP contribution in [0.25, 0.3) is 10.8 Å². The summed E-state index contributed by atoms with van der Waals surface area (Å²) in [5.41, 5.74) is 0.515. The Hall–Kier alpha value is -2.62. The first kappa shape index (κ1) is 14.8. The molecule has 2 aromatic rings. The van der Waals surface area contributed by atoms with E-state index < -0.39 is 5.97 Å². The van der Waals surface area contributed by atoms with Crippen molar-refractivity contribution in [2.45, 2.75) is 6.92 Å². The lowest BCUT2D eigenvalue weighted by Gasteiger charge is -2.05. The molecule has 4 nitrogen and oxygen atoms in total. The molecule has 108 valence electrons. The number of ether oxygens (including phenoxy) is 2. The fourth-order valence-corrected chi connectivity index (χ4v) is 1.93. The van der Waals surface area contributed by atoms with E-state index in [4.69, 9.17) is 9.47 Å². The number of carbonyl (C=O) groups is 2. The lowest BCUT2D eigenvalue weighted by atomic mass is 10.0. The average molecular weight is 284 g/mol. The number of hydrogen-bond donors (Lipinski definition) is 0. The monoisotopic (exact) mass is 284 g/mol. The number of ketones is 1. The maximum Gasteiger partial charge on any atom is 0.330 e. The molecule has 0 amide bonds. The van der Waals surface area contributed by atoms with E-state index >= 15 is 0 Å². The predicted molar refractivity (Wildman–Crippen MR) is 80.6 cm³/mol. The van der Waals surface area contributed by atoms with Crippen LogP contribution in [0.15, 0.2) is 48.6 Å². The van der Waals surface area contributed by atoms with Gasteiger partial charge in [0.2, 0.25) is 0 Å². The summed E-state index contributed by atoms with van der Waals surface area (Å²) in [5, 5.41) is 1.92. The third kappa shape index (κ3) is 3.69. The molecule has 0 aromatic heterocycles. The van der Waals surface area contributed by atoms with E-state index in [0.717, 1.165) is 16.5 Å². The fraction of sp³-hybridized carbons (Fsp3) is 0.176. The first-order chi connectivity index (χ1) is 10.1. The lowest BCUT2D eigenvalue weighted by Crippen LogP contribution is -2.12. The number of methoxy groups -OCH3 is 1. The molecule has 0 spiro atoms. The van der Waals surface area contributed by atoms with Crippen LogP contribution in [-0.2, 0) is 9.53 Å². The summed E-state index contributed by atoms with van der Waals surface area (Å²) < 4.78 is 10.0. The van der Waals surface area contributed by atoms with Crippen LogP contribution in [0.4, 0.5) is 0 Å². The average Bonchev–Trinajstić information content (AvgIpc) is 2.51. The molecule has 0 aliphatic rings. The quantitative estimate of drug-likeness (QED) is 0.481. The molecular formula is C17H16O4. The smallest absolute Gasteiger partial charge is 0.330 e. The van der Waals surface area contributed by atoms with Gasteiger partial charge < -0.3 is 9.47 Å². The number of rotatable bonds is 5. The Balaban J connectivity index is 2.15. The van der Waals surface area contributed by atoms with E-state index in [1.807, 2.05) is 24.3 Å². The molecule has 0 aliphatic heterocycles. The molecule has 0 aliphatic carbocycles. The third-order valence-electron chi connectivity index (χ3n) is 3.02. The Morgan fingerprint density at radius 2 is 1.81 bits per heavy atom. The van der Waals surface area contributed by atoms with Crippen molar-refractivity contribution in [3.63, 3.8) is 0 Å². The molecule has 0 saturated carbocycles. The van der Waals surface area contributed by atoms with Crippen molar-refractivity contribution in [3.05, 3.63) is 54.1 Å². The Morgan fingerprint density at radius 3 is 2.52 bits per heavy atom. The zero-order valence-corrected chi connectivity index (χ0v) is 12.0. The number of allylic oxidation sites excluding steroid dienone is 1. The van der Waals surface area contributed by atoms with Crippen molar-refractivity contribution < 1.29 is 19.1 Å². The summed E-state index contributed by atoms with van der Waals surface area (Å²) >= 11 is 0. The highest BCUT2D eigenvalue weighted by Gasteiger charge is 2.09. The van der Waals surface area contributed by atoms with Gasteiger partial charge in [0.15, 0.2) is 12.4 Å². The maximum atomic E-state index is 12.0. The highest BCUT2D eigenvalue weighted by Crippen LogP contribution is 2.22. The van der Waals surface area contributed by atoms with Gasteiger partial charge in [0.25, 0.3) is 0 Å². The molecule has 4 heteroatoms. The largest absolute Gasteiger partial charge is 0.497 e. The van der Waals surface area contributed by atoms with Gasteiger partial charge in [-0.3, -0.25) is 4.79 Å². The van der Waals surface area contributed by atoms with Crippen LogP contribution in [0.5, 0.6) is 5.75 Å². The van der Waals surface area contributed by atoms with Gasteiger partial charge in [-0.15, -0.1) is 0 Å². The molecule has 0 saturated heterocycles. The normalized spacial score (nSPS) is 10.8. The van der Waals surface area contributed by atoms with Crippen molar-refractivity contribution >= 4 is 22.5 Å². The van der Waals surface area contributed by atoms with E-state index in [1.165, 1.54) is 6.08 Å². The van der Waals surface area contributed by atoms with Gasteiger partial charge in [-0.1, -0.05) is 24.3 Å². The van der Waals surface area contributed by atoms with Gasteiger partial charge in [0, 0.05) is 11.6 Å². The zero-order valence-electron chi connectivity index (χ0n) is 12.0. The second-order valence-corrected chi connectivity index (χ2v) is 4.46. The first-order valence-corrected chi connectivity index (χ1v) is 6.54. The SMILES string of the molecule is C/C=C/C(=O)OCC(=O)c1ccc2cc(OC)ccc2c1. The minimum Gasteiger partial charge on any atom is -0.497 e. The molecule has 21 heavy (non-hydrogen) atoms. The van der Waals surface area contributed by atoms with E-state index in [0.29, 0.717) is 5.56 Å². The Morgan fingerprint density at radius 1 is 1.10 bits per heavy atom. The van der Waals surface area contributed by atoms with Gasteiger partial charge in [-0.2, -0.15) is 0 Å². The van der Waals surface area contributed by atoms with Crippen LogP contribution < -0.4 is 4.74 Å². The minimum absolute atomic E-state index is 0.231. The number of esters is 1. The van der Waals surface area contributed by atoms with Crippen LogP contribution in [0.1, 0.15) is 17.3 Å². The Bertz CT molecular complexity index is 701. The molecule has 0 bridgehead atoms. The number of carbonyl (C=O) groups excluding carboxylic acids is 2. The predicted octanol–water partition coefficient (Wildman–Crippen LogP) is 3.15. The highest BCUT2D eigenvalue weighted by atomic mass is 16.5. The molecule has 0 heterocycles. The van der Waals surface area contributed by atoms with Crippen molar-refractivity contribution in [1.29, 1.82) is 0 Å². The Labute approximate surface area is 123 Å². The van der Waals surface area contributed by atoms with Gasteiger partial charge in [-0.05, 0) is 35.9 Å². The number of Topliss-reactive ketones (excluding diaryl/α,β-unsaturated/α-hetero) is 1. The van der Waals surface area contributed by atoms with E-state index in [9.17, 15) is 9.59 Å². The van der Waals surface area contributed by atoms with Crippen LogP contribution in [0, 0.1) is 0 Å². The standard InChI is InChI=1S/C17H16O4/c1-3-4-17(19)21-11-16(18)14-6-5-13-10-15(20-2)8-7-12(13)9-14/h3-10H,11H2,1-2H3/b4-3+.